The van der Waals surface area contributed by atoms with Crippen LogP contribution in [0.1, 0.15) is 30.0 Å². The molecule has 1 aromatic heterocycles. The second-order valence-electron chi connectivity index (χ2n) is 5.27. The van der Waals surface area contributed by atoms with Crippen LogP contribution in [0, 0.1) is 6.92 Å². The van der Waals surface area contributed by atoms with E-state index in [4.69, 9.17) is 0 Å². The van der Waals surface area contributed by atoms with Gasteiger partial charge >= 0.3 is 0 Å². The van der Waals surface area contributed by atoms with Gasteiger partial charge in [0.1, 0.15) is 0 Å². The Kier molecular flexibility index (Phi) is 4.60. The highest BCUT2D eigenvalue weighted by atomic mass is 32.1. The minimum absolute atomic E-state index is 0.630. The molecule has 1 N–H and O–H groups in total. The number of thiophene rings is 1. The Hall–Kier alpha value is -0.380. The molecule has 2 unspecified atom stereocenters. The molecule has 17 heavy (non-hydrogen) atoms. The molecule has 96 valence electrons. The van der Waals surface area contributed by atoms with Gasteiger partial charge in [-0.3, -0.25) is 4.90 Å². The third kappa shape index (κ3) is 3.80. The average Bonchev–Trinajstić information content (AvgIpc) is 2.56. The normalized spacial score (nSPS) is 24.5. The van der Waals surface area contributed by atoms with Crippen LogP contribution in [-0.2, 0) is 6.42 Å². The summed E-state index contributed by atoms with van der Waals surface area (Å²) in [5, 5.41) is 3.56. The highest BCUT2D eigenvalue weighted by Gasteiger charge is 2.19. The van der Waals surface area contributed by atoms with Crippen LogP contribution in [0.4, 0.5) is 0 Å². The first-order chi connectivity index (χ1) is 8.15. The van der Waals surface area contributed by atoms with Crippen LogP contribution in [0.2, 0.25) is 0 Å². The van der Waals surface area contributed by atoms with Gasteiger partial charge < -0.3 is 5.32 Å². The van der Waals surface area contributed by atoms with Crippen molar-refractivity contribution in [1.82, 2.24) is 10.2 Å². The molecule has 0 aliphatic carbocycles. The van der Waals surface area contributed by atoms with Gasteiger partial charge in [0.25, 0.3) is 0 Å². The van der Waals surface area contributed by atoms with Crippen molar-refractivity contribution in [3.8, 4) is 0 Å². The van der Waals surface area contributed by atoms with Crippen molar-refractivity contribution in [2.45, 2.75) is 45.7 Å². The fraction of sp³-hybridized carbons (Fsp3) is 0.714. The van der Waals surface area contributed by atoms with E-state index in [-0.39, 0.29) is 0 Å². The number of nitrogens with one attached hydrogen (secondary N) is 1. The summed E-state index contributed by atoms with van der Waals surface area (Å²) in [6.07, 6.45) is 2.48. The third-order valence-corrected chi connectivity index (χ3v) is 4.56. The summed E-state index contributed by atoms with van der Waals surface area (Å²) >= 11 is 1.94. The Balaban J connectivity index is 1.91. The van der Waals surface area contributed by atoms with E-state index < -0.39 is 0 Å². The van der Waals surface area contributed by atoms with Crippen LogP contribution in [0.25, 0.3) is 0 Å². The summed E-state index contributed by atoms with van der Waals surface area (Å²) < 4.78 is 0. The van der Waals surface area contributed by atoms with Crippen LogP contribution < -0.4 is 5.32 Å². The highest BCUT2D eigenvalue weighted by Crippen LogP contribution is 2.19. The fourth-order valence-electron chi connectivity index (χ4n) is 2.55. The molecule has 0 spiro atoms. The minimum atomic E-state index is 0.630. The quantitative estimate of drug-likeness (QED) is 0.890. The maximum Gasteiger partial charge on any atom is 0.0166 e. The molecule has 0 radical (unpaired) electrons. The maximum atomic E-state index is 3.56. The fourth-order valence-corrected chi connectivity index (χ4v) is 3.56. The van der Waals surface area contributed by atoms with Crippen molar-refractivity contribution in [1.29, 1.82) is 0 Å². The van der Waals surface area contributed by atoms with Gasteiger partial charge in [0.2, 0.25) is 0 Å². The first-order valence-corrected chi connectivity index (χ1v) is 7.49. The van der Waals surface area contributed by atoms with E-state index in [1.165, 1.54) is 42.2 Å². The molecule has 2 heterocycles. The molecular weight excluding hydrogens is 228 g/mol. The molecule has 0 aromatic carbocycles. The van der Waals surface area contributed by atoms with Crippen molar-refractivity contribution in [3.63, 3.8) is 0 Å². The lowest BCUT2D eigenvalue weighted by Crippen LogP contribution is -2.41. The van der Waals surface area contributed by atoms with Crippen LogP contribution in [0.15, 0.2) is 12.1 Å². The lowest BCUT2D eigenvalue weighted by Gasteiger charge is -2.28. The molecule has 2 atom stereocenters. The monoisotopic (exact) mass is 252 g/mol. The average molecular weight is 252 g/mol. The zero-order valence-electron chi connectivity index (χ0n) is 11.2. The van der Waals surface area contributed by atoms with Crippen LogP contribution in [-0.4, -0.2) is 36.6 Å². The molecule has 3 heteroatoms. The number of nitrogens with zero attached hydrogens (tertiary/aromatic N) is 1. The molecule has 1 aliphatic heterocycles. The summed E-state index contributed by atoms with van der Waals surface area (Å²) in [4.78, 5) is 5.60. The minimum Gasteiger partial charge on any atom is -0.313 e. The Morgan fingerprint density at radius 2 is 2.35 bits per heavy atom. The molecule has 0 amide bonds. The smallest absolute Gasteiger partial charge is 0.0166 e. The van der Waals surface area contributed by atoms with E-state index in [1.807, 2.05) is 11.3 Å². The van der Waals surface area contributed by atoms with Crippen LogP contribution >= 0.6 is 11.3 Å². The van der Waals surface area contributed by atoms with E-state index in [0.717, 1.165) is 0 Å². The maximum absolute atomic E-state index is 3.56. The molecule has 1 aromatic rings. The molecule has 1 fully saturated rings. The summed E-state index contributed by atoms with van der Waals surface area (Å²) in [6.45, 7) is 10.4. The van der Waals surface area contributed by atoms with Gasteiger partial charge in [-0.15, -0.1) is 11.3 Å². The van der Waals surface area contributed by atoms with Crippen molar-refractivity contribution in [3.05, 3.63) is 21.9 Å². The van der Waals surface area contributed by atoms with Gasteiger partial charge in [0, 0.05) is 28.4 Å². The van der Waals surface area contributed by atoms with Gasteiger partial charge in [-0.2, -0.15) is 0 Å². The topological polar surface area (TPSA) is 15.3 Å². The van der Waals surface area contributed by atoms with Crippen molar-refractivity contribution in [2.24, 2.45) is 0 Å². The molecule has 1 saturated heterocycles. The summed E-state index contributed by atoms with van der Waals surface area (Å²) in [5.74, 6) is 0. The van der Waals surface area contributed by atoms with Crippen LogP contribution in [0.3, 0.4) is 0 Å². The summed E-state index contributed by atoms with van der Waals surface area (Å²) in [7, 11) is 0. The first kappa shape index (κ1) is 13.1. The number of rotatable bonds is 3. The van der Waals surface area contributed by atoms with Crippen molar-refractivity contribution in [2.75, 3.05) is 19.6 Å². The van der Waals surface area contributed by atoms with Gasteiger partial charge in [-0.1, -0.05) is 0 Å². The summed E-state index contributed by atoms with van der Waals surface area (Å²) in [5.41, 5.74) is 0. The molecule has 0 saturated carbocycles. The highest BCUT2D eigenvalue weighted by molar-refractivity contribution is 7.11. The Labute approximate surface area is 109 Å². The summed E-state index contributed by atoms with van der Waals surface area (Å²) in [6, 6.07) is 5.82. The second-order valence-corrected chi connectivity index (χ2v) is 6.64. The van der Waals surface area contributed by atoms with Gasteiger partial charge in [-0.05, 0) is 58.8 Å². The Morgan fingerprint density at radius 3 is 3.06 bits per heavy atom. The van der Waals surface area contributed by atoms with Gasteiger partial charge in [0.15, 0.2) is 0 Å². The van der Waals surface area contributed by atoms with Gasteiger partial charge in [0.05, 0.1) is 0 Å². The van der Waals surface area contributed by atoms with E-state index in [9.17, 15) is 0 Å². The standard InChI is InChI=1S/C14H24N2S/c1-11-10-16(8-4-7-15-11)12(2)9-14-6-5-13(3)17-14/h5-6,11-12,15H,4,7-10H2,1-3H3. The second kappa shape index (κ2) is 5.98. The SMILES string of the molecule is Cc1ccc(CC(C)N2CCCNC(C)C2)s1. The van der Waals surface area contributed by atoms with Gasteiger partial charge in [-0.25, -0.2) is 0 Å². The molecular formula is C14H24N2S. The molecule has 2 nitrogen and oxygen atoms in total. The van der Waals surface area contributed by atoms with E-state index >= 15 is 0 Å². The van der Waals surface area contributed by atoms with E-state index in [2.05, 4.69) is 43.1 Å². The lowest BCUT2D eigenvalue weighted by atomic mass is 10.1. The molecule has 0 bridgehead atoms. The largest absolute Gasteiger partial charge is 0.313 e. The Bertz CT molecular complexity index is 348. The Morgan fingerprint density at radius 1 is 1.53 bits per heavy atom. The van der Waals surface area contributed by atoms with Crippen LogP contribution in [0.5, 0.6) is 0 Å². The third-order valence-electron chi connectivity index (χ3n) is 3.54. The lowest BCUT2D eigenvalue weighted by molar-refractivity contribution is 0.208. The van der Waals surface area contributed by atoms with Crippen molar-refractivity contribution >= 4 is 11.3 Å². The van der Waals surface area contributed by atoms with Crippen molar-refractivity contribution < 1.29 is 0 Å². The predicted molar refractivity (Wildman–Crippen MR) is 75.9 cm³/mol. The zero-order chi connectivity index (χ0) is 12.3. The zero-order valence-corrected chi connectivity index (χ0v) is 12.0. The number of aryl methyl sites for hydroxylation is 1. The first-order valence-electron chi connectivity index (χ1n) is 6.68. The predicted octanol–water partition coefficient (Wildman–Crippen LogP) is 2.67. The van der Waals surface area contributed by atoms with E-state index in [1.54, 1.807) is 0 Å². The van der Waals surface area contributed by atoms with E-state index in [0.29, 0.717) is 12.1 Å². The number of hydrogen-bond acceptors (Lipinski definition) is 3. The number of hydrogen-bond donors (Lipinski definition) is 1. The molecule has 2 rings (SSSR count). The molecule has 1 aliphatic rings.